The number of amides is 1. The molecule has 4 nitrogen and oxygen atoms in total. The first kappa shape index (κ1) is 14.1. The minimum absolute atomic E-state index is 0.152. The molecule has 1 aromatic rings. The molecular weight excluding hydrogens is 263 g/mol. The Morgan fingerprint density at radius 1 is 1.35 bits per heavy atom. The van der Waals surface area contributed by atoms with Crippen molar-refractivity contribution in [3.05, 3.63) is 22.3 Å². The van der Waals surface area contributed by atoms with Crippen molar-refractivity contribution in [2.24, 2.45) is 0 Å². The predicted octanol–water partition coefficient (Wildman–Crippen LogP) is 3.76. The Balaban J connectivity index is 2.85. The summed E-state index contributed by atoms with van der Waals surface area (Å²) in [7, 11) is 1.56. The van der Waals surface area contributed by atoms with Crippen molar-refractivity contribution in [2.75, 3.05) is 11.9 Å². The number of hydrogen-bond acceptors (Lipinski definition) is 3. The molecule has 0 atom stereocenters. The maximum Gasteiger partial charge on any atom is 0.415 e. The highest BCUT2D eigenvalue weighted by Gasteiger charge is 2.21. The first-order valence-corrected chi connectivity index (χ1v) is 5.75. The van der Waals surface area contributed by atoms with Crippen LogP contribution in [0, 0.1) is 0 Å². The Morgan fingerprint density at radius 3 is 2.41 bits per heavy atom. The van der Waals surface area contributed by atoms with E-state index in [1.807, 2.05) is 0 Å². The zero-order valence-electron chi connectivity index (χ0n) is 10.1. The quantitative estimate of drug-likeness (QED) is 0.734. The third kappa shape index (κ3) is 4.06. The van der Waals surface area contributed by atoms with Gasteiger partial charge in [0.1, 0.15) is 16.6 Å². The van der Waals surface area contributed by atoms with Gasteiger partial charge in [0.25, 0.3) is 0 Å². The van der Waals surface area contributed by atoms with Crippen LogP contribution in [0.4, 0.5) is 10.6 Å². The second kappa shape index (κ2) is 5.10. The van der Waals surface area contributed by atoms with Crippen molar-refractivity contribution >= 4 is 35.1 Å². The number of carbonyl (C=O) groups excluding carboxylic acids is 1. The Hall–Kier alpha value is -1.000. The molecule has 0 aliphatic rings. The SMILES string of the molecule is CN(C(=O)OC(C)(C)C)c1ccc(Cl)c(Cl)n1. The van der Waals surface area contributed by atoms with Crippen LogP contribution in [0.3, 0.4) is 0 Å². The molecule has 17 heavy (non-hydrogen) atoms. The van der Waals surface area contributed by atoms with E-state index in [0.717, 1.165) is 0 Å². The van der Waals surface area contributed by atoms with Crippen LogP contribution in [0.2, 0.25) is 10.2 Å². The summed E-state index contributed by atoms with van der Waals surface area (Å²) in [6, 6.07) is 3.17. The molecule has 0 bridgehead atoms. The van der Waals surface area contributed by atoms with Crippen LogP contribution in [0.25, 0.3) is 0 Å². The summed E-state index contributed by atoms with van der Waals surface area (Å²) in [6.45, 7) is 5.38. The molecule has 1 aromatic heterocycles. The number of hydrogen-bond donors (Lipinski definition) is 0. The van der Waals surface area contributed by atoms with Gasteiger partial charge in [-0.25, -0.2) is 9.78 Å². The molecule has 0 saturated heterocycles. The lowest BCUT2D eigenvalue weighted by molar-refractivity contribution is 0.0588. The standard InChI is InChI=1S/C11H14Cl2N2O2/c1-11(2,3)17-10(16)15(4)8-6-5-7(12)9(13)14-8/h5-6H,1-4H3. The molecule has 0 aliphatic carbocycles. The number of carbonyl (C=O) groups is 1. The molecule has 0 unspecified atom stereocenters. The van der Waals surface area contributed by atoms with Gasteiger partial charge in [-0.3, -0.25) is 4.90 Å². The lowest BCUT2D eigenvalue weighted by Crippen LogP contribution is -2.34. The van der Waals surface area contributed by atoms with Crippen LogP contribution in [-0.4, -0.2) is 23.7 Å². The number of anilines is 1. The fourth-order valence-electron chi connectivity index (χ4n) is 1.02. The third-order valence-electron chi connectivity index (χ3n) is 1.80. The Morgan fingerprint density at radius 2 is 1.94 bits per heavy atom. The van der Waals surface area contributed by atoms with Gasteiger partial charge in [0.15, 0.2) is 0 Å². The summed E-state index contributed by atoms with van der Waals surface area (Å²) in [5.41, 5.74) is -0.554. The molecule has 0 radical (unpaired) electrons. The van der Waals surface area contributed by atoms with Crippen molar-refractivity contribution in [3.63, 3.8) is 0 Å². The van der Waals surface area contributed by atoms with E-state index in [9.17, 15) is 4.79 Å². The monoisotopic (exact) mass is 276 g/mol. The van der Waals surface area contributed by atoms with Gasteiger partial charge in [0.05, 0.1) is 5.02 Å². The maximum atomic E-state index is 11.7. The van der Waals surface area contributed by atoms with Crippen LogP contribution >= 0.6 is 23.2 Å². The largest absolute Gasteiger partial charge is 0.443 e. The summed E-state index contributed by atoms with van der Waals surface area (Å²) in [6.07, 6.45) is -0.497. The molecule has 6 heteroatoms. The first-order chi connectivity index (χ1) is 7.70. The van der Waals surface area contributed by atoms with Gasteiger partial charge < -0.3 is 4.74 Å². The molecule has 0 spiro atoms. The Labute approximate surface area is 110 Å². The predicted molar refractivity (Wildman–Crippen MR) is 68.9 cm³/mol. The number of nitrogens with zero attached hydrogens (tertiary/aromatic N) is 2. The van der Waals surface area contributed by atoms with Gasteiger partial charge in [0.2, 0.25) is 0 Å². The van der Waals surface area contributed by atoms with Crippen molar-refractivity contribution in [3.8, 4) is 0 Å². The summed E-state index contributed by atoms with van der Waals surface area (Å²) >= 11 is 11.5. The molecule has 0 N–H and O–H groups in total. The van der Waals surface area contributed by atoms with E-state index in [2.05, 4.69) is 4.98 Å². The van der Waals surface area contributed by atoms with Gasteiger partial charge in [-0.2, -0.15) is 0 Å². The van der Waals surface area contributed by atoms with E-state index >= 15 is 0 Å². The molecule has 1 rings (SSSR count). The van der Waals surface area contributed by atoms with Gasteiger partial charge in [-0.15, -0.1) is 0 Å². The highest BCUT2D eigenvalue weighted by molar-refractivity contribution is 6.41. The number of aromatic nitrogens is 1. The highest BCUT2D eigenvalue weighted by Crippen LogP contribution is 2.23. The average molecular weight is 277 g/mol. The first-order valence-electron chi connectivity index (χ1n) is 4.99. The third-order valence-corrected chi connectivity index (χ3v) is 2.49. The van der Waals surface area contributed by atoms with Crippen molar-refractivity contribution in [1.82, 2.24) is 4.98 Å². The molecule has 1 heterocycles. The maximum absolute atomic E-state index is 11.7. The molecular formula is C11H14Cl2N2O2. The van der Waals surface area contributed by atoms with Crippen molar-refractivity contribution < 1.29 is 9.53 Å². The number of halogens is 2. The lowest BCUT2D eigenvalue weighted by Gasteiger charge is -2.24. The molecule has 1 amide bonds. The number of pyridine rings is 1. The van der Waals surface area contributed by atoms with Gasteiger partial charge in [-0.1, -0.05) is 23.2 Å². The van der Waals surface area contributed by atoms with Crippen molar-refractivity contribution in [1.29, 1.82) is 0 Å². The zero-order chi connectivity index (χ0) is 13.2. The van der Waals surface area contributed by atoms with E-state index in [0.29, 0.717) is 10.8 Å². The molecule has 0 aliphatic heterocycles. The lowest BCUT2D eigenvalue weighted by atomic mass is 10.2. The van der Waals surface area contributed by atoms with Crippen molar-refractivity contribution in [2.45, 2.75) is 26.4 Å². The van der Waals surface area contributed by atoms with Gasteiger partial charge in [-0.05, 0) is 32.9 Å². The average Bonchev–Trinajstić information content (AvgIpc) is 2.18. The number of rotatable bonds is 1. The van der Waals surface area contributed by atoms with E-state index in [1.165, 1.54) is 4.90 Å². The summed E-state index contributed by atoms with van der Waals surface area (Å²) < 4.78 is 5.19. The van der Waals surface area contributed by atoms with Crippen LogP contribution in [0.1, 0.15) is 20.8 Å². The fourth-order valence-corrected chi connectivity index (χ4v) is 1.27. The number of ether oxygens (including phenoxy) is 1. The minimum Gasteiger partial charge on any atom is -0.443 e. The molecule has 0 aromatic carbocycles. The zero-order valence-corrected chi connectivity index (χ0v) is 11.6. The summed E-state index contributed by atoms with van der Waals surface area (Å²) in [5, 5.41) is 0.493. The van der Waals surface area contributed by atoms with E-state index in [1.54, 1.807) is 40.0 Å². The smallest absolute Gasteiger partial charge is 0.415 e. The normalized spacial score (nSPS) is 11.2. The van der Waals surface area contributed by atoms with Crippen LogP contribution < -0.4 is 4.90 Å². The summed E-state index contributed by atoms with van der Waals surface area (Å²) in [4.78, 5) is 17.0. The molecule has 94 valence electrons. The minimum atomic E-state index is -0.554. The summed E-state index contributed by atoms with van der Waals surface area (Å²) in [5.74, 6) is 0.383. The highest BCUT2D eigenvalue weighted by atomic mass is 35.5. The molecule has 0 fully saturated rings. The van der Waals surface area contributed by atoms with Gasteiger partial charge in [0, 0.05) is 7.05 Å². The second-order valence-corrected chi connectivity index (χ2v) is 5.25. The van der Waals surface area contributed by atoms with Crippen LogP contribution in [-0.2, 0) is 4.74 Å². The Kier molecular flexibility index (Phi) is 4.22. The van der Waals surface area contributed by atoms with E-state index < -0.39 is 11.7 Å². The van der Waals surface area contributed by atoms with Gasteiger partial charge >= 0.3 is 6.09 Å². The van der Waals surface area contributed by atoms with E-state index in [-0.39, 0.29) is 5.15 Å². The second-order valence-electron chi connectivity index (χ2n) is 4.48. The van der Waals surface area contributed by atoms with Crippen LogP contribution in [0.15, 0.2) is 12.1 Å². The molecule has 0 saturated carbocycles. The fraction of sp³-hybridized carbons (Fsp3) is 0.455. The van der Waals surface area contributed by atoms with Crippen LogP contribution in [0.5, 0.6) is 0 Å². The van der Waals surface area contributed by atoms with E-state index in [4.69, 9.17) is 27.9 Å². The topological polar surface area (TPSA) is 42.4 Å². The Bertz CT molecular complexity index is 430.